The second-order valence-corrected chi connectivity index (χ2v) is 4.81. The van der Waals surface area contributed by atoms with Gasteiger partial charge in [-0.25, -0.2) is 0 Å². The number of fused-ring (bicyclic) bond motifs is 1. The van der Waals surface area contributed by atoms with Crippen molar-refractivity contribution in [2.24, 2.45) is 0 Å². The third-order valence-electron chi connectivity index (χ3n) is 2.93. The van der Waals surface area contributed by atoms with Crippen LogP contribution >= 0.6 is 0 Å². The number of ether oxygens (including phenoxy) is 3. The molecule has 15 heavy (non-hydrogen) atoms. The molecule has 4 atom stereocenters. The molecule has 0 aromatic carbocycles. The first kappa shape index (κ1) is 11.3. The smallest absolute Gasteiger partial charge is 0.187 e. The highest BCUT2D eigenvalue weighted by molar-refractivity contribution is 4.88. The average molecular weight is 216 g/mol. The number of hydrogen-bond donors (Lipinski definition) is 1. The molecule has 0 unspecified atom stereocenters. The van der Waals surface area contributed by atoms with Gasteiger partial charge >= 0.3 is 0 Å². The fourth-order valence-corrected chi connectivity index (χ4v) is 2.26. The van der Waals surface area contributed by atoms with Crippen molar-refractivity contribution < 1.29 is 19.3 Å². The minimum absolute atomic E-state index is 0.0171. The summed E-state index contributed by atoms with van der Waals surface area (Å²) in [6, 6.07) is 0. The van der Waals surface area contributed by atoms with E-state index in [-0.39, 0.29) is 18.5 Å². The minimum Gasteiger partial charge on any atom is -0.390 e. The second-order valence-electron chi connectivity index (χ2n) is 4.81. The summed E-state index contributed by atoms with van der Waals surface area (Å²) in [5.74, 6) is -0.546. The largest absolute Gasteiger partial charge is 0.390 e. The van der Waals surface area contributed by atoms with E-state index >= 15 is 0 Å². The first-order valence-corrected chi connectivity index (χ1v) is 5.71. The zero-order chi connectivity index (χ0) is 11.1. The third-order valence-corrected chi connectivity index (χ3v) is 2.93. The number of rotatable bonds is 3. The summed E-state index contributed by atoms with van der Waals surface area (Å²) in [6.07, 6.45) is 1.63. The standard InChI is InChI=1S/C11H20O4/c1-4-5-7(12)8-6-9-10(13-8)15-11(2,3)14-9/h7-10,12H,4-6H2,1-3H3/t7-,8+,9-,10-/m1/s1. The van der Waals surface area contributed by atoms with Crippen molar-refractivity contribution in [3.05, 3.63) is 0 Å². The van der Waals surface area contributed by atoms with Crippen molar-refractivity contribution in [1.82, 2.24) is 0 Å². The van der Waals surface area contributed by atoms with E-state index < -0.39 is 11.9 Å². The van der Waals surface area contributed by atoms with Crippen LogP contribution in [0.25, 0.3) is 0 Å². The minimum atomic E-state index is -0.546. The summed E-state index contributed by atoms with van der Waals surface area (Å²) >= 11 is 0. The van der Waals surface area contributed by atoms with Crippen molar-refractivity contribution in [2.75, 3.05) is 0 Å². The lowest BCUT2D eigenvalue weighted by Crippen LogP contribution is -2.30. The van der Waals surface area contributed by atoms with Crippen LogP contribution in [0, 0.1) is 0 Å². The van der Waals surface area contributed by atoms with Crippen molar-refractivity contribution in [3.8, 4) is 0 Å². The first-order chi connectivity index (χ1) is 7.02. The van der Waals surface area contributed by atoms with E-state index in [0.717, 1.165) is 19.3 Å². The molecule has 0 saturated carbocycles. The normalized spacial score (nSPS) is 40.4. The molecule has 2 aliphatic heterocycles. The molecule has 0 aromatic rings. The lowest BCUT2D eigenvalue weighted by atomic mass is 10.1. The first-order valence-electron chi connectivity index (χ1n) is 5.71. The fraction of sp³-hybridized carbons (Fsp3) is 1.00. The summed E-state index contributed by atoms with van der Waals surface area (Å²) in [7, 11) is 0. The van der Waals surface area contributed by atoms with Gasteiger partial charge in [-0.1, -0.05) is 13.3 Å². The van der Waals surface area contributed by atoms with Gasteiger partial charge in [0, 0.05) is 6.42 Å². The Hall–Kier alpha value is -0.160. The van der Waals surface area contributed by atoms with E-state index in [1.165, 1.54) is 0 Å². The van der Waals surface area contributed by atoms with Crippen LogP contribution in [0.5, 0.6) is 0 Å². The molecule has 0 radical (unpaired) electrons. The molecule has 0 spiro atoms. The zero-order valence-corrected chi connectivity index (χ0v) is 9.60. The lowest BCUT2D eigenvalue weighted by molar-refractivity contribution is -0.214. The Balaban J connectivity index is 1.88. The molecule has 0 bridgehead atoms. The van der Waals surface area contributed by atoms with Gasteiger partial charge < -0.3 is 19.3 Å². The van der Waals surface area contributed by atoms with Crippen molar-refractivity contribution >= 4 is 0 Å². The Bertz CT molecular complexity index is 213. The van der Waals surface area contributed by atoms with Crippen molar-refractivity contribution in [1.29, 1.82) is 0 Å². The van der Waals surface area contributed by atoms with E-state index in [9.17, 15) is 5.11 Å². The Labute approximate surface area is 90.5 Å². The van der Waals surface area contributed by atoms with Crippen LogP contribution in [-0.4, -0.2) is 35.5 Å². The monoisotopic (exact) mass is 216 g/mol. The highest BCUT2D eigenvalue weighted by Gasteiger charge is 2.49. The third kappa shape index (κ3) is 2.33. The van der Waals surface area contributed by atoms with Gasteiger partial charge in [0.05, 0.1) is 12.2 Å². The van der Waals surface area contributed by atoms with Crippen LogP contribution in [0.2, 0.25) is 0 Å². The topological polar surface area (TPSA) is 47.9 Å². The van der Waals surface area contributed by atoms with E-state index in [1.54, 1.807) is 0 Å². The second kappa shape index (κ2) is 4.01. The SMILES string of the molecule is CCC[C@@H](O)[C@@H]1C[C@H]2OC(C)(C)O[C@H]2O1. The van der Waals surface area contributed by atoms with Crippen LogP contribution in [0.1, 0.15) is 40.0 Å². The molecule has 1 N–H and O–H groups in total. The van der Waals surface area contributed by atoms with E-state index in [4.69, 9.17) is 14.2 Å². The number of aliphatic hydroxyl groups is 1. The van der Waals surface area contributed by atoms with Crippen molar-refractivity contribution in [2.45, 2.75) is 70.4 Å². The Morgan fingerprint density at radius 2 is 2.13 bits per heavy atom. The molecular formula is C11H20O4. The van der Waals surface area contributed by atoms with E-state index in [1.807, 2.05) is 13.8 Å². The van der Waals surface area contributed by atoms with Gasteiger partial charge in [-0.2, -0.15) is 0 Å². The number of aliphatic hydroxyl groups excluding tert-OH is 1. The van der Waals surface area contributed by atoms with E-state index in [0.29, 0.717) is 0 Å². The molecule has 0 aliphatic carbocycles. The van der Waals surface area contributed by atoms with Crippen LogP contribution in [-0.2, 0) is 14.2 Å². The Kier molecular flexibility index (Phi) is 3.03. The number of hydrogen-bond acceptors (Lipinski definition) is 4. The highest BCUT2D eigenvalue weighted by atomic mass is 16.8. The van der Waals surface area contributed by atoms with E-state index in [2.05, 4.69) is 6.92 Å². The molecule has 4 nitrogen and oxygen atoms in total. The maximum Gasteiger partial charge on any atom is 0.187 e. The van der Waals surface area contributed by atoms with Gasteiger partial charge in [0.1, 0.15) is 6.10 Å². The maximum absolute atomic E-state index is 9.80. The highest BCUT2D eigenvalue weighted by Crippen LogP contribution is 2.38. The summed E-state index contributed by atoms with van der Waals surface area (Å²) in [5, 5.41) is 9.80. The van der Waals surface area contributed by atoms with Crippen LogP contribution in [0.3, 0.4) is 0 Å². The molecule has 88 valence electrons. The Morgan fingerprint density at radius 3 is 2.73 bits per heavy atom. The quantitative estimate of drug-likeness (QED) is 0.775. The summed E-state index contributed by atoms with van der Waals surface area (Å²) in [4.78, 5) is 0. The molecule has 0 aromatic heterocycles. The molecule has 0 amide bonds. The predicted molar refractivity (Wildman–Crippen MR) is 54.2 cm³/mol. The van der Waals surface area contributed by atoms with Gasteiger partial charge in [0.25, 0.3) is 0 Å². The van der Waals surface area contributed by atoms with Gasteiger partial charge in [-0.05, 0) is 20.3 Å². The lowest BCUT2D eigenvalue weighted by Gasteiger charge is -2.22. The van der Waals surface area contributed by atoms with Crippen LogP contribution < -0.4 is 0 Å². The molecule has 2 fully saturated rings. The average Bonchev–Trinajstić information content (AvgIpc) is 2.57. The summed E-state index contributed by atoms with van der Waals surface area (Å²) in [5.41, 5.74) is 0. The van der Waals surface area contributed by atoms with Gasteiger partial charge in [-0.15, -0.1) is 0 Å². The molecular weight excluding hydrogens is 196 g/mol. The fourth-order valence-electron chi connectivity index (χ4n) is 2.26. The van der Waals surface area contributed by atoms with Gasteiger partial charge in [-0.3, -0.25) is 0 Å². The molecule has 2 rings (SSSR count). The maximum atomic E-state index is 9.80. The van der Waals surface area contributed by atoms with Crippen LogP contribution in [0.4, 0.5) is 0 Å². The van der Waals surface area contributed by atoms with Gasteiger partial charge in [0.2, 0.25) is 0 Å². The molecule has 2 aliphatic rings. The van der Waals surface area contributed by atoms with Crippen molar-refractivity contribution in [3.63, 3.8) is 0 Å². The molecule has 2 heterocycles. The van der Waals surface area contributed by atoms with Gasteiger partial charge in [0.15, 0.2) is 12.1 Å². The zero-order valence-electron chi connectivity index (χ0n) is 9.60. The summed E-state index contributed by atoms with van der Waals surface area (Å²) < 4.78 is 16.9. The van der Waals surface area contributed by atoms with Crippen LogP contribution in [0.15, 0.2) is 0 Å². The molecule has 2 saturated heterocycles. The molecule has 4 heteroatoms. The summed E-state index contributed by atoms with van der Waals surface area (Å²) in [6.45, 7) is 5.81. The Morgan fingerprint density at radius 1 is 1.40 bits per heavy atom. The predicted octanol–water partition coefficient (Wildman–Crippen LogP) is 1.41.